The van der Waals surface area contributed by atoms with Crippen LogP contribution in [0.4, 0.5) is 0 Å². The number of aryl methyl sites for hydroxylation is 2. The van der Waals surface area contributed by atoms with Crippen molar-refractivity contribution in [3.05, 3.63) is 54.1 Å². The number of imidazole rings is 1. The fraction of sp³-hybridized carbons (Fsp3) is 0.471. The van der Waals surface area contributed by atoms with Gasteiger partial charge in [0, 0.05) is 31.4 Å². The monoisotopic (exact) mass is 271 g/mol. The second kappa shape index (κ2) is 7.85. The summed E-state index contributed by atoms with van der Waals surface area (Å²) in [6.07, 6.45) is 8.39. The van der Waals surface area contributed by atoms with Crippen molar-refractivity contribution in [2.24, 2.45) is 0 Å². The molecule has 2 aromatic rings. The third kappa shape index (κ3) is 4.20. The number of aromatic nitrogens is 2. The minimum Gasteiger partial charge on any atom is -0.335 e. The van der Waals surface area contributed by atoms with Crippen LogP contribution in [0.15, 0.2) is 42.7 Å². The molecular formula is C17H25N3. The van der Waals surface area contributed by atoms with E-state index < -0.39 is 0 Å². The summed E-state index contributed by atoms with van der Waals surface area (Å²) in [7, 11) is 2.04. The van der Waals surface area contributed by atoms with Crippen molar-refractivity contribution in [1.82, 2.24) is 14.9 Å². The predicted molar refractivity (Wildman–Crippen MR) is 83.8 cm³/mol. The van der Waals surface area contributed by atoms with Crippen LogP contribution in [0.1, 0.15) is 31.2 Å². The molecule has 1 atom stereocenters. The summed E-state index contributed by atoms with van der Waals surface area (Å²) in [5.41, 5.74) is 1.41. The zero-order valence-corrected chi connectivity index (χ0v) is 12.5. The summed E-state index contributed by atoms with van der Waals surface area (Å²) in [6.45, 7) is 3.26. The van der Waals surface area contributed by atoms with Gasteiger partial charge < -0.3 is 9.88 Å². The molecule has 1 N–H and O–H groups in total. The first-order valence-corrected chi connectivity index (χ1v) is 7.54. The molecule has 1 aromatic carbocycles. The number of nitrogens with one attached hydrogen (secondary N) is 1. The topological polar surface area (TPSA) is 29.9 Å². The zero-order valence-electron chi connectivity index (χ0n) is 12.5. The van der Waals surface area contributed by atoms with Crippen LogP contribution in [0.25, 0.3) is 0 Å². The second-order valence-electron chi connectivity index (χ2n) is 5.25. The minimum absolute atomic E-state index is 0.480. The Labute approximate surface area is 122 Å². The third-order valence-electron chi connectivity index (χ3n) is 3.73. The van der Waals surface area contributed by atoms with E-state index in [4.69, 9.17) is 0 Å². The molecule has 0 radical (unpaired) electrons. The third-order valence-corrected chi connectivity index (χ3v) is 3.73. The minimum atomic E-state index is 0.480. The largest absolute Gasteiger partial charge is 0.335 e. The van der Waals surface area contributed by atoms with Gasteiger partial charge in [0.25, 0.3) is 0 Å². The predicted octanol–water partition coefficient (Wildman–Crippen LogP) is 3.06. The lowest BCUT2D eigenvalue weighted by Crippen LogP contribution is -2.29. The molecule has 0 aliphatic heterocycles. The van der Waals surface area contributed by atoms with Crippen molar-refractivity contribution in [1.29, 1.82) is 0 Å². The first kappa shape index (κ1) is 14.8. The van der Waals surface area contributed by atoms with Crippen LogP contribution >= 0.6 is 0 Å². The van der Waals surface area contributed by atoms with Gasteiger partial charge in [0.2, 0.25) is 0 Å². The standard InChI is InChI=1S/C17H25N3/c1-3-12-20-13-11-19-17(20)14-16(18-2)10-9-15-7-5-4-6-8-15/h4-8,11,13,16,18H,3,9-10,12,14H2,1-2H3. The summed E-state index contributed by atoms with van der Waals surface area (Å²) in [5, 5.41) is 3.43. The van der Waals surface area contributed by atoms with Gasteiger partial charge in [0.05, 0.1) is 0 Å². The Morgan fingerprint density at radius 2 is 2.05 bits per heavy atom. The van der Waals surface area contributed by atoms with Crippen molar-refractivity contribution >= 4 is 0 Å². The number of hydrogen-bond donors (Lipinski definition) is 1. The van der Waals surface area contributed by atoms with E-state index in [2.05, 4.69) is 58.3 Å². The second-order valence-corrected chi connectivity index (χ2v) is 5.25. The van der Waals surface area contributed by atoms with Crippen LogP contribution in [0.5, 0.6) is 0 Å². The summed E-state index contributed by atoms with van der Waals surface area (Å²) in [5.74, 6) is 1.19. The first-order chi connectivity index (χ1) is 9.83. The summed E-state index contributed by atoms with van der Waals surface area (Å²) in [4.78, 5) is 4.50. The lowest BCUT2D eigenvalue weighted by atomic mass is 10.0. The number of benzene rings is 1. The normalized spacial score (nSPS) is 12.5. The highest BCUT2D eigenvalue weighted by molar-refractivity contribution is 5.14. The molecule has 0 saturated heterocycles. The Bertz CT molecular complexity index is 490. The van der Waals surface area contributed by atoms with Crippen molar-refractivity contribution < 1.29 is 0 Å². The molecule has 1 unspecified atom stereocenters. The Morgan fingerprint density at radius 1 is 1.25 bits per heavy atom. The summed E-state index contributed by atoms with van der Waals surface area (Å²) in [6, 6.07) is 11.2. The van der Waals surface area contributed by atoms with Gasteiger partial charge in [0.1, 0.15) is 5.82 Å². The van der Waals surface area contributed by atoms with Crippen molar-refractivity contribution in [2.75, 3.05) is 7.05 Å². The van der Waals surface area contributed by atoms with Crippen LogP contribution in [-0.2, 0) is 19.4 Å². The van der Waals surface area contributed by atoms with Gasteiger partial charge in [-0.3, -0.25) is 0 Å². The van der Waals surface area contributed by atoms with E-state index in [1.165, 1.54) is 11.4 Å². The number of likely N-dealkylation sites (N-methyl/N-ethyl adjacent to an activating group) is 1. The van der Waals surface area contributed by atoms with E-state index in [1.54, 1.807) is 0 Å². The van der Waals surface area contributed by atoms with E-state index in [9.17, 15) is 0 Å². The SMILES string of the molecule is CCCn1ccnc1CC(CCc1ccccc1)NC. The highest BCUT2D eigenvalue weighted by Crippen LogP contribution is 2.09. The van der Waals surface area contributed by atoms with Crippen LogP contribution in [-0.4, -0.2) is 22.6 Å². The molecule has 0 saturated carbocycles. The van der Waals surface area contributed by atoms with Gasteiger partial charge in [-0.25, -0.2) is 4.98 Å². The van der Waals surface area contributed by atoms with Gasteiger partial charge in [-0.2, -0.15) is 0 Å². The van der Waals surface area contributed by atoms with Gasteiger partial charge in [-0.1, -0.05) is 37.3 Å². The Hall–Kier alpha value is -1.61. The lowest BCUT2D eigenvalue weighted by molar-refractivity contribution is 0.493. The van der Waals surface area contributed by atoms with Crippen LogP contribution in [0, 0.1) is 0 Å². The molecule has 0 amide bonds. The molecular weight excluding hydrogens is 246 g/mol. The van der Waals surface area contributed by atoms with Crippen molar-refractivity contribution in [3.63, 3.8) is 0 Å². The molecule has 0 spiro atoms. The van der Waals surface area contributed by atoms with Gasteiger partial charge >= 0.3 is 0 Å². The highest BCUT2D eigenvalue weighted by atomic mass is 15.1. The maximum Gasteiger partial charge on any atom is 0.110 e. The van der Waals surface area contributed by atoms with E-state index in [-0.39, 0.29) is 0 Å². The van der Waals surface area contributed by atoms with E-state index in [0.29, 0.717) is 6.04 Å². The van der Waals surface area contributed by atoms with Gasteiger partial charge in [-0.15, -0.1) is 0 Å². The van der Waals surface area contributed by atoms with Crippen LogP contribution < -0.4 is 5.32 Å². The molecule has 1 heterocycles. The van der Waals surface area contributed by atoms with E-state index in [0.717, 1.165) is 32.2 Å². The molecule has 20 heavy (non-hydrogen) atoms. The molecule has 2 rings (SSSR count). The maximum atomic E-state index is 4.50. The van der Waals surface area contributed by atoms with Gasteiger partial charge in [-0.05, 0) is 31.9 Å². The van der Waals surface area contributed by atoms with E-state index in [1.807, 2.05) is 13.2 Å². The summed E-state index contributed by atoms with van der Waals surface area (Å²) < 4.78 is 2.27. The number of rotatable bonds is 8. The maximum absolute atomic E-state index is 4.50. The number of hydrogen-bond acceptors (Lipinski definition) is 2. The van der Waals surface area contributed by atoms with Crippen LogP contribution in [0.3, 0.4) is 0 Å². The smallest absolute Gasteiger partial charge is 0.110 e. The molecule has 0 bridgehead atoms. The first-order valence-electron chi connectivity index (χ1n) is 7.54. The molecule has 3 heteroatoms. The molecule has 0 aliphatic carbocycles. The van der Waals surface area contributed by atoms with E-state index >= 15 is 0 Å². The average molecular weight is 271 g/mol. The fourth-order valence-electron chi connectivity index (χ4n) is 2.53. The Balaban J connectivity index is 1.90. The molecule has 0 aliphatic rings. The molecule has 0 fully saturated rings. The zero-order chi connectivity index (χ0) is 14.2. The fourth-order valence-corrected chi connectivity index (χ4v) is 2.53. The Morgan fingerprint density at radius 3 is 2.75 bits per heavy atom. The van der Waals surface area contributed by atoms with Crippen molar-refractivity contribution in [2.45, 2.75) is 45.2 Å². The van der Waals surface area contributed by atoms with Gasteiger partial charge in [0.15, 0.2) is 0 Å². The lowest BCUT2D eigenvalue weighted by Gasteiger charge is -2.16. The highest BCUT2D eigenvalue weighted by Gasteiger charge is 2.11. The molecule has 1 aromatic heterocycles. The molecule has 108 valence electrons. The summed E-state index contributed by atoms with van der Waals surface area (Å²) >= 11 is 0. The van der Waals surface area contributed by atoms with Crippen LogP contribution in [0.2, 0.25) is 0 Å². The quantitative estimate of drug-likeness (QED) is 0.799. The Kier molecular flexibility index (Phi) is 5.81. The average Bonchev–Trinajstić information content (AvgIpc) is 2.92. The number of nitrogens with zero attached hydrogens (tertiary/aromatic N) is 2. The molecule has 3 nitrogen and oxygen atoms in total. The van der Waals surface area contributed by atoms with Crippen molar-refractivity contribution in [3.8, 4) is 0 Å².